The molecule has 0 atom stereocenters. The fourth-order valence-corrected chi connectivity index (χ4v) is 3.38. The van der Waals surface area contributed by atoms with Crippen LogP contribution < -0.4 is 10.1 Å². The molecule has 2 aromatic rings. The third-order valence-corrected chi connectivity index (χ3v) is 5.30. The van der Waals surface area contributed by atoms with Gasteiger partial charge in [-0.2, -0.15) is 0 Å². The predicted octanol–water partition coefficient (Wildman–Crippen LogP) is 4.00. The van der Waals surface area contributed by atoms with Crippen LogP contribution in [0.3, 0.4) is 0 Å². The highest BCUT2D eigenvalue weighted by Gasteiger charge is 2.23. The molecule has 1 saturated heterocycles. The van der Waals surface area contributed by atoms with Crippen molar-refractivity contribution < 1.29 is 14.3 Å². The molecule has 1 fully saturated rings. The van der Waals surface area contributed by atoms with Gasteiger partial charge in [-0.15, -0.1) is 12.8 Å². The highest BCUT2D eigenvalue weighted by molar-refractivity contribution is 6.30. The van der Waals surface area contributed by atoms with Crippen molar-refractivity contribution in [1.29, 1.82) is 0 Å². The zero-order valence-electron chi connectivity index (χ0n) is 17.9. The van der Waals surface area contributed by atoms with E-state index in [-0.39, 0.29) is 17.9 Å². The van der Waals surface area contributed by atoms with Crippen molar-refractivity contribution in [2.75, 3.05) is 13.1 Å². The molecule has 0 bridgehead atoms. The van der Waals surface area contributed by atoms with Gasteiger partial charge in [0, 0.05) is 61.7 Å². The van der Waals surface area contributed by atoms with Crippen molar-refractivity contribution >= 4 is 23.4 Å². The zero-order chi connectivity index (χ0) is 22.8. The van der Waals surface area contributed by atoms with E-state index in [4.69, 9.17) is 16.3 Å². The minimum Gasteiger partial charge on any atom is -0.490 e. The molecule has 0 saturated carbocycles. The Kier molecular flexibility index (Phi) is 9.36. The maximum Gasteiger partial charge on any atom is 0.270 e. The average molecular weight is 442 g/mol. The Hall–Kier alpha value is -3.04. The van der Waals surface area contributed by atoms with E-state index in [9.17, 15) is 9.59 Å². The summed E-state index contributed by atoms with van der Waals surface area (Å²) in [6.45, 7) is 5.59. The lowest BCUT2D eigenvalue weighted by atomic mass is 10.1. The maximum absolute atomic E-state index is 12.5. The monoisotopic (exact) mass is 441 g/mol. The number of hydrogen-bond donors (Lipinski definition) is 1. The first-order valence-corrected chi connectivity index (χ1v) is 10.6. The topological polar surface area (TPSA) is 71.5 Å². The Labute approximate surface area is 189 Å². The number of pyridine rings is 1. The molecule has 1 aromatic carbocycles. The van der Waals surface area contributed by atoms with Gasteiger partial charge in [-0.25, -0.2) is 0 Å². The summed E-state index contributed by atoms with van der Waals surface area (Å²) >= 11 is 5.88. The van der Waals surface area contributed by atoms with Gasteiger partial charge in [-0.05, 0) is 24.6 Å². The normalized spacial score (nSPS) is 13.6. The van der Waals surface area contributed by atoms with Crippen LogP contribution in [-0.4, -0.2) is 40.9 Å². The van der Waals surface area contributed by atoms with E-state index in [0.717, 1.165) is 24.0 Å². The molecule has 0 aliphatic carbocycles. The molecule has 6 nitrogen and oxygen atoms in total. The van der Waals surface area contributed by atoms with E-state index < -0.39 is 0 Å². The number of likely N-dealkylation sites (tertiary alicyclic amines) is 1. The SMILES string of the molecule is C#C.CCC(=O)N1CCC(Oc2cc(C(=O)NCc3ccc(Cl)cc3)ncc2C)CC1. The van der Waals surface area contributed by atoms with Crippen LogP contribution in [0.5, 0.6) is 5.75 Å². The minimum atomic E-state index is -0.256. The van der Waals surface area contributed by atoms with Crippen LogP contribution in [0.2, 0.25) is 5.02 Å². The Bertz CT molecular complexity index is 904. The Morgan fingerprint density at radius 3 is 2.48 bits per heavy atom. The molecule has 1 aliphatic heterocycles. The van der Waals surface area contributed by atoms with Crippen LogP contribution in [0.1, 0.15) is 47.8 Å². The summed E-state index contributed by atoms with van der Waals surface area (Å²) in [5.41, 5.74) is 2.16. The van der Waals surface area contributed by atoms with Crippen LogP contribution in [0.15, 0.2) is 36.5 Å². The van der Waals surface area contributed by atoms with Crippen LogP contribution in [0.25, 0.3) is 0 Å². The number of carbonyl (C=O) groups excluding carboxylic acids is 2. The van der Waals surface area contributed by atoms with Crippen molar-refractivity contribution in [3.05, 3.63) is 58.4 Å². The molecule has 3 rings (SSSR count). The fourth-order valence-electron chi connectivity index (χ4n) is 3.26. The molecule has 1 N–H and O–H groups in total. The van der Waals surface area contributed by atoms with E-state index in [0.29, 0.717) is 42.5 Å². The van der Waals surface area contributed by atoms with Crippen molar-refractivity contribution in [2.24, 2.45) is 0 Å². The van der Waals surface area contributed by atoms with Crippen molar-refractivity contribution in [3.63, 3.8) is 0 Å². The Balaban J connectivity index is 0.00000166. The van der Waals surface area contributed by atoms with E-state index in [2.05, 4.69) is 23.1 Å². The predicted molar refractivity (Wildman–Crippen MR) is 122 cm³/mol. The van der Waals surface area contributed by atoms with Gasteiger partial charge in [0.1, 0.15) is 17.5 Å². The van der Waals surface area contributed by atoms with Gasteiger partial charge in [0.2, 0.25) is 5.91 Å². The number of halogens is 1. The van der Waals surface area contributed by atoms with E-state index in [1.807, 2.05) is 30.9 Å². The number of benzene rings is 1. The smallest absolute Gasteiger partial charge is 0.270 e. The summed E-state index contributed by atoms with van der Waals surface area (Å²) < 4.78 is 6.14. The van der Waals surface area contributed by atoms with Crippen LogP contribution in [0, 0.1) is 19.8 Å². The third-order valence-electron chi connectivity index (χ3n) is 5.04. The number of terminal acetylenes is 1. The summed E-state index contributed by atoms with van der Waals surface area (Å²) in [4.78, 5) is 30.4. The number of aromatic nitrogens is 1. The van der Waals surface area contributed by atoms with E-state index in [1.165, 1.54) is 0 Å². The Morgan fingerprint density at radius 2 is 1.87 bits per heavy atom. The summed E-state index contributed by atoms with van der Waals surface area (Å²) in [7, 11) is 0. The average Bonchev–Trinajstić information content (AvgIpc) is 2.81. The van der Waals surface area contributed by atoms with Gasteiger partial charge in [-0.3, -0.25) is 14.6 Å². The van der Waals surface area contributed by atoms with Crippen LogP contribution >= 0.6 is 11.6 Å². The second kappa shape index (κ2) is 12.0. The van der Waals surface area contributed by atoms with Crippen molar-refractivity contribution in [1.82, 2.24) is 15.2 Å². The number of rotatable bonds is 6. The molecule has 31 heavy (non-hydrogen) atoms. The third kappa shape index (κ3) is 7.01. The Morgan fingerprint density at radius 1 is 1.23 bits per heavy atom. The fraction of sp³-hybridized carbons (Fsp3) is 0.375. The lowest BCUT2D eigenvalue weighted by molar-refractivity contribution is -0.132. The number of nitrogens with one attached hydrogen (secondary N) is 1. The summed E-state index contributed by atoms with van der Waals surface area (Å²) in [6.07, 6.45) is 11.8. The minimum absolute atomic E-state index is 0.0296. The largest absolute Gasteiger partial charge is 0.490 e. The van der Waals surface area contributed by atoms with Gasteiger partial charge in [-0.1, -0.05) is 30.7 Å². The van der Waals surface area contributed by atoms with Gasteiger partial charge < -0.3 is 15.0 Å². The molecular weight excluding hydrogens is 414 g/mol. The van der Waals surface area contributed by atoms with Gasteiger partial charge >= 0.3 is 0 Å². The molecular formula is C24H28ClN3O3. The first-order valence-electron chi connectivity index (χ1n) is 10.2. The molecule has 2 amide bonds. The number of hydrogen-bond acceptors (Lipinski definition) is 4. The lowest BCUT2D eigenvalue weighted by Crippen LogP contribution is -2.41. The quantitative estimate of drug-likeness (QED) is 0.687. The molecule has 0 spiro atoms. The van der Waals surface area contributed by atoms with Gasteiger partial charge in [0.25, 0.3) is 5.91 Å². The highest BCUT2D eigenvalue weighted by atomic mass is 35.5. The van der Waals surface area contributed by atoms with Crippen LogP contribution in [-0.2, 0) is 11.3 Å². The maximum atomic E-state index is 12.5. The number of carbonyl (C=O) groups is 2. The molecule has 7 heteroatoms. The number of amides is 2. The summed E-state index contributed by atoms with van der Waals surface area (Å²) in [6, 6.07) is 9.01. The van der Waals surface area contributed by atoms with Gasteiger partial charge in [0.05, 0.1) is 0 Å². The lowest BCUT2D eigenvalue weighted by Gasteiger charge is -2.32. The van der Waals surface area contributed by atoms with Crippen molar-refractivity contribution in [3.8, 4) is 18.6 Å². The molecule has 1 aromatic heterocycles. The number of nitrogens with zero attached hydrogens (tertiary/aromatic N) is 2. The first-order chi connectivity index (χ1) is 15.0. The molecule has 1 aliphatic rings. The molecule has 0 unspecified atom stereocenters. The standard InChI is InChI=1S/C22H26ClN3O3.C2H2/c1-3-21(27)26-10-8-18(9-11-26)29-20-12-19(24-13-15(20)2)22(28)25-14-16-4-6-17(23)7-5-16;1-2/h4-7,12-13,18H,3,8-11,14H2,1-2H3,(H,25,28);1-2H. The van der Waals surface area contributed by atoms with E-state index in [1.54, 1.807) is 24.4 Å². The number of ether oxygens (including phenoxy) is 1. The molecule has 2 heterocycles. The second-order valence-electron chi connectivity index (χ2n) is 7.20. The van der Waals surface area contributed by atoms with E-state index >= 15 is 0 Å². The highest BCUT2D eigenvalue weighted by Crippen LogP contribution is 2.23. The van der Waals surface area contributed by atoms with Gasteiger partial charge in [0.15, 0.2) is 0 Å². The molecule has 0 radical (unpaired) electrons. The molecule has 164 valence electrons. The first kappa shape index (κ1) is 24.2. The number of piperidine rings is 1. The summed E-state index contributed by atoms with van der Waals surface area (Å²) in [5.74, 6) is 0.591. The number of aryl methyl sites for hydroxylation is 1. The van der Waals surface area contributed by atoms with Crippen molar-refractivity contribution in [2.45, 2.75) is 45.8 Å². The summed E-state index contributed by atoms with van der Waals surface area (Å²) in [5, 5.41) is 3.52. The van der Waals surface area contributed by atoms with Crippen LogP contribution in [0.4, 0.5) is 0 Å². The second-order valence-corrected chi connectivity index (χ2v) is 7.63. The zero-order valence-corrected chi connectivity index (χ0v) is 18.7.